The maximum absolute atomic E-state index is 14.7. The van der Waals surface area contributed by atoms with Crippen LogP contribution in [0.15, 0.2) is 54.6 Å². The predicted octanol–water partition coefficient (Wildman–Crippen LogP) is 10.5. The van der Waals surface area contributed by atoms with E-state index in [4.69, 9.17) is 28.5 Å². The molecule has 310 valence electrons. The third kappa shape index (κ3) is 7.32. The molecule has 0 aliphatic rings. The Hall–Kier alpha value is -4.03. The van der Waals surface area contributed by atoms with Gasteiger partial charge in [0.2, 0.25) is 0 Å². The van der Waals surface area contributed by atoms with Crippen LogP contribution in [0.5, 0.6) is 11.5 Å². The third-order valence-electron chi connectivity index (χ3n) is 6.89. The largest absolute Gasteiger partial charge is 0.460 e. The fourth-order valence-electron chi connectivity index (χ4n) is 3.98. The van der Waals surface area contributed by atoms with Gasteiger partial charge in [-0.3, -0.25) is 0 Å². The molecule has 0 spiro atoms. The molecule has 29 heteroatoms. The molecule has 0 N–H and O–H groups in total. The normalized spacial score (nSPS) is 14.3. The Balaban J connectivity index is 2.50. The second-order valence-electron chi connectivity index (χ2n) is 10.5. The van der Waals surface area contributed by atoms with Crippen LogP contribution in [0.25, 0.3) is 22.3 Å². The van der Waals surface area contributed by atoms with E-state index in [-0.39, 0.29) is 12.1 Å². The predicted molar refractivity (Wildman–Crippen MR) is 153 cm³/mol. The first-order chi connectivity index (χ1) is 24.9. The van der Waals surface area contributed by atoms with E-state index in [9.17, 15) is 95.9 Å². The number of alkyl halides is 18. The minimum Gasteiger partial charge on any atom is -0.377 e. The third-order valence-corrected chi connectivity index (χ3v) is 10.1. The number of nitrogens with zero attached hydrogens (tertiary/aromatic N) is 1. The summed E-state index contributed by atoms with van der Waals surface area (Å²) >= 11 is 11.8. The Kier molecular flexibility index (Phi) is 11.7. The lowest BCUT2D eigenvalue weighted by atomic mass is 9.97. The van der Waals surface area contributed by atoms with Gasteiger partial charge in [-0.05, 0) is 30.3 Å². The Morgan fingerprint density at radius 1 is 0.482 bits per heavy atom. The van der Waals surface area contributed by atoms with Crippen LogP contribution in [0, 0.1) is 11.3 Å². The van der Waals surface area contributed by atoms with Gasteiger partial charge >= 0.3 is 66.8 Å². The highest BCUT2D eigenvalue weighted by Crippen LogP contribution is 2.57. The quantitative estimate of drug-likeness (QED) is 0.131. The summed E-state index contributed by atoms with van der Waals surface area (Å²) in [5, 5.41) is -7.97. The molecule has 0 heterocycles. The molecule has 0 unspecified atom stereocenters. The maximum atomic E-state index is 14.7. The van der Waals surface area contributed by atoms with Crippen molar-refractivity contribution in [1.82, 2.24) is 0 Å². The van der Waals surface area contributed by atoms with Crippen LogP contribution in [-0.4, -0.2) is 63.4 Å². The molecule has 0 bridgehead atoms. The lowest BCUT2D eigenvalue weighted by Gasteiger charge is -2.33. The molecule has 0 fully saturated rings. The van der Waals surface area contributed by atoms with Crippen LogP contribution in [0.2, 0.25) is 10.0 Å². The summed E-state index contributed by atoms with van der Waals surface area (Å²) in [6, 6.07) is 5.63. The molecule has 0 aromatic heterocycles. The van der Waals surface area contributed by atoms with Crippen molar-refractivity contribution in [2.75, 3.05) is 0 Å². The van der Waals surface area contributed by atoms with Crippen molar-refractivity contribution in [1.29, 1.82) is 5.26 Å². The van der Waals surface area contributed by atoms with Gasteiger partial charge in [-0.15, -0.1) is 0 Å². The van der Waals surface area contributed by atoms with Crippen LogP contribution in [0.4, 0.5) is 79.0 Å². The van der Waals surface area contributed by atoms with E-state index in [1.54, 1.807) is 0 Å². The summed E-state index contributed by atoms with van der Waals surface area (Å²) in [7, 11) is -15.9. The van der Waals surface area contributed by atoms with Gasteiger partial charge in [-0.2, -0.15) is 101 Å². The average Bonchev–Trinajstić information content (AvgIpc) is 3.03. The molecule has 3 aromatic carbocycles. The average molecular weight is 920 g/mol. The number of benzene rings is 3. The van der Waals surface area contributed by atoms with E-state index in [0.29, 0.717) is 24.3 Å². The van der Waals surface area contributed by atoms with Gasteiger partial charge in [-0.25, -0.2) is 0 Å². The molecule has 0 aliphatic carbocycles. The molecule has 0 radical (unpaired) electrons. The van der Waals surface area contributed by atoms with Crippen molar-refractivity contribution >= 4 is 43.4 Å². The first kappa shape index (κ1) is 46.4. The van der Waals surface area contributed by atoms with Crippen LogP contribution in [0.1, 0.15) is 5.56 Å². The number of halogens is 20. The van der Waals surface area contributed by atoms with Crippen molar-refractivity contribution in [2.45, 2.75) is 46.6 Å². The highest BCUT2D eigenvalue weighted by molar-refractivity contribution is 7.88. The zero-order valence-corrected chi connectivity index (χ0v) is 28.6. The van der Waals surface area contributed by atoms with Gasteiger partial charge in [0.1, 0.15) is 0 Å². The summed E-state index contributed by atoms with van der Waals surface area (Å²) < 4.78 is 304. The monoisotopic (exact) mass is 919 g/mol. The van der Waals surface area contributed by atoms with E-state index >= 15 is 0 Å². The first-order valence-corrected chi connectivity index (χ1v) is 16.9. The summed E-state index contributed by atoms with van der Waals surface area (Å²) in [4.78, 5) is 0. The second kappa shape index (κ2) is 14.1. The minimum atomic E-state index is -7.96. The van der Waals surface area contributed by atoms with Gasteiger partial charge in [0, 0.05) is 32.3 Å². The van der Waals surface area contributed by atoms with Crippen LogP contribution < -0.4 is 8.37 Å². The van der Waals surface area contributed by atoms with Crippen LogP contribution in [0.3, 0.4) is 0 Å². The van der Waals surface area contributed by atoms with E-state index in [1.165, 1.54) is 6.07 Å². The van der Waals surface area contributed by atoms with E-state index < -0.39 is 116 Å². The second-order valence-corrected chi connectivity index (χ2v) is 14.5. The molecule has 7 nitrogen and oxygen atoms in total. The van der Waals surface area contributed by atoms with Crippen LogP contribution >= 0.6 is 23.2 Å². The molecule has 0 amide bonds. The number of hydrogen-bond acceptors (Lipinski definition) is 7. The fourth-order valence-corrected chi connectivity index (χ4v) is 6.34. The summed E-state index contributed by atoms with van der Waals surface area (Å²) in [5.74, 6) is -35.7. The number of rotatable bonds is 12. The van der Waals surface area contributed by atoms with Gasteiger partial charge < -0.3 is 8.37 Å². The van der Waals surface area contributed by atoms with Crippen molar-refractivity contribution in [3.05, 3.63) is 70.2 Å². The summed E-state index contributed by atoms with van der Waals surface area (Å²) in [6.45, 7) is 0. The Labute approximate surface area is 309 Å². The Morgan fingerprint density at radius 2 is 0.839 bits per heavy atom. The van der Waals surface area contributed by atoms with Crippen LogP contribution in [-0.2, 0) is 20.2 Å². The lowest BCUT2D eigenvalue weighted by Crippen LogP contribution is -2.63. The zero-order chi connectivity index (χ0) is 43.7. The standard InChI is InChI=1S/C27H9Cl2F18NO6S2/c28-16-4-2-1-3-12(16)14-8-19(54-56(51,52)27(46,47)23(36,37)21(32,33)25(41,42)43)15(13-6-5-11(10-48)7-17(13)29)9-18(14)53-55(49,50)26(44,45)22(34,35)20(30,31)24(38,39)40/h1-9H. The summed E-state index contributed by atoms with van der Waals surface area (Å²) in [5.41, 5.74) is -5.69. The maximum Gasteiger partial charge on any atom is 0.460 e. The van der Waals surface area contributed by atoms with Crippen molar-refractivity contribution in [2.24, 2.45) is 0 Å². The highest BCUT2D eigenvalue weighted by Gasteiger charge is 2.87. The van der Waals surface area contributed by atoms with Gasteiger partial charge in [0.15, 0.2) is 11.5 Å². The van der Waals surface area contributed by atoms with E-state index in [0.717, 1.165) is 18.2 Å². The zero-order valence-electron chi connectivity index (χ0n) is 25.5. The Bertz CT molecular complexity index is 2290. The van der Waals surface area contributed by atoms with E-state index in [2.05, 4.69) is 8.37 Å². The molecular formula is C27H9Cl2F18NO6S2. The van der Waals surface area contributed by atoms with Crippen molar-refractivity contribution in [3.8, 4) is 39.8 Å². The number of nitriles is 1. The SMILES string of the molecule is N#Cc1ccc(-c2cc(OS(=O)(=O)C(F)(F)C(F)(F)C(F)(F)C(F)(F)F)c(-c3ccccc3Cl)cc2OS(=O)(=O)C(F)(F)C(F)(F)C(F)(F)C(F)(F)F)c(Cl)c1. The molecular weight excluding hydrogens is 911 g/mol. The van der Waals surface area contributed by atoms with E-state index in [1.807, 2.05) is 0 Å². The first-order valence-electron chi connectivity index (χ1n) is 13.3. The molecule has 56 heavy (non-hydrogen) atoms. The topological polar surface area (TPSA) is 111 Å². The molecule has 3 aromatic rings. The van der Waals surface area contributed by atoms with Gasteiger partial charge in [0.05, 0.1) is 11.6 Å². The smallest absolute Gasteiger partial charge is 0.377 e. The van der Waals surface area contributed by atoms with Gasteiger partial charge in [-0.1, -0.05) is 47.5 Å². The molecule has 3 rings (SSSR count). The highest BCUT2D eigenvalue weighted by atomic mass is 35.5. The molecule has 0 saturated carbocycles. The van der Waals surface area contributed by atoms with Crippen molar-refractivity contribution < 1.29 is 104 Å². The molecule has 0 atom stereocenters. The molecule has 0 aliphatic heterocycles. The fraction of sp³-hybridized carbons (Fsp3) is 0.296. The minimum absolute atomic E-state index is 0.301. The van der Waals surface area contributed by atoms with Crippen molar-refractivity contribution in [3.63, 3.8) is 0 Å². The lowest BCUT2D eigenvalue weighted by molar-refractivity contribution is -0.382. The Morgan fingerprint density at radius 3 is 1.16 bits per heavy atom. The van der Waals surface area contributed by atoms with Gasteiger partial charge in [0.25, 0.3) is 0 Å². The number of hydrogen-bond donors (Lipinski definition) is 0. The molecule has 0 saturated heterocycles. The summed E-state index contributed by atoms with van der Waals surface area (Å²) in [6.07, 6.45) is -15.2.